The molecular formula is C19H20F2N4O2S. The van der Waals surface area contributed by atoms with Gasteiger partial charge < -0.3 is 19.5 Å². The molecule has 1 aliphatic heterocycles. The minimum atomic E-state index is -2.95. The molecule has 0 bridgehead atoms. The van der Waals surface area contributed by atoms with Crippen molar-refractivity contribution in [2.45, 2.75) is 20.0 Å². The molecule has 0 spiro atoms. The van der Waals surface area contributed by atoms with Crippen molar-refractivity contribution in [3.8, 4) is 5.75 Å². The van der Waals surface area contributed by atoms with Crippen LogP contribution in [0.3, 0.4) is 0 Å². The number of ether oxygens (including phenoxy) is 1. The zero-order valence-electron chi connectivity index (χ0n) is 15.3. The molecule has 1 amide bonds. The average molecular weight is 406 g/mol. The van der Waals surface area contributed by atoms with Crippen molar-refractivity contribution in [2.24, 2.45) is 0 Å². The van der Waals surface area contributed by atoms with Gasteiger partial charge in [-0.1, -0.05) is 12.1 Å². The predicted molar refractivity (Wildman–Crippen MR) is 105 cm³/mol. The lowest BCUT2D eigenvalue weighted by Gasteiger charge is -2.21. The number of carbonyl (C=O) groups excluding carboxylic acids is 1. The summed E-state index contributed by atoms with van der Waals surface area (Å²) in [6.07, 6.45) is 0.762. The zero-order chi connectivity index (χ0) is 19.7. The Labute approximate surface area is 164 Å². The molecule has 1 aliphatic rings. The molecule has 0 radical (unpaired) electrons. The second-order valence-corrected chi connectivity index (χ2v) is 7.90. The summed E-state index contributed by atoms with van der Waals surface area (Å²) in [5.74, 6) is 0.477. The monoisotopic (exact) mass is 406 g/mol. The first-order valence-corrected chi connectivity index (χ1v) is 9.87. The van der Waals surface area contributed by atoms with E-state index in [2.05, 4.69) is 19.6 Å². The number of thiophene rings is 1. The van der Waals surface area contributed by atoms with Gasteiger partial charge in [0.1, 0.15) is 10.6 Å². The third-order valence-electron chi connectivity index (χ3n) is 4.69. The van der Waals surface area contributed by atoms with Crippen LogP contribution in [0.5, 0.6) is 5.75 Å². The van der Waals surface area contributed by atoms with Crippen LogP contribution in [0.2, 0.25) is 0 Å². The number of rotatable bonds is 4. The second-order valence-electron chi connectivity index (χ2n) is 6.64. The Morgan fingerprint density at radius 1 is 1.25 bits per heavy atom. The number of hydrogen-bond acceptors (Lipinski definition) is 5. The first-order chi connectivity index (χ1) is 13.5. The van der Waals surface area contributed by atoms with Crippen LogP contribution >= 0.6 is 11.3 Å². The fraction of sp³-hybridized carbons (Fsp3) is 0.368. The lowest BCUT2D eigenvalue weighted by atomic mass is 10.3. The van der Waals surface area contributed by atoms with Crippen LogP contribution in [0.4, 0.5) is 14.7 Å². The number of halogens is 2. The second kappa shape index (κ2) is 7.75. The normalized spacial score (nSPS) is 15.3. The SMILES string of the molecule is Cc1cc(OC(F)F)c(C(=O)N2CCCN(c3nc4ccccc4[nH]3)CC2)s1. The number of aromatic amines is 1. The molecule has 3 heterocycles. The number of aromatic nitrogens is 2. The van der Waals surface area contributed by atoms with E-state index >= 15 is 0 Å². The molecule has 0 atom stereocenters. The molecule has 1 aromatic carbocycles. The Hall–Kier alpha value is -2.68. The zero-order valence-corrected chi connectivity index (χ0v) is 16.1. The number of H-pyrrole nitrogens is 1. The fourth-order valence-corrected chi connectivity index (χ4v) is 4.30. The van der Waals surface area contributed by atoms with Gasteiger partial charge in [-0.2, -0.15) is 8.78 Å². The number of anilines is 1. The number of hydrogen-bond donors (Lipinski definition) is 1. The van der Waals surface area contributed by atoms with E-state index in [1.165, 1.54) is 17.4 Å². The van der Waals surface area contributed by atoms with Crippen molar-refractivity contribution in [2.75, 3.05) is 31.1 Å². The maximum atomic E-state index is 12.9. The van der Waals surface area contributed by atoms with E-state index in [4.69, 9.17) is 0 Å². The van der Waals surface area contributed by atoms with Crippen molar-refractivity contribution < 1.29 is 18.3 Å². The number of aryl methyl sites for hydroxylation is 1. The van der Waals surface area contributed by atoms with E-state index < -0.39 is 6.61 Å². The Bertz CT molecular complexity index is 954. The molecule has 0 unspecified atom stereocenters. The summed E-state index contributed by atoms with van der Waals surface area (Å²) in [7, 11) is 0. The fourth-order valence-electron chi connectivity index (χ4n) is 3.39. The van der Waals surface area contributed by atoms with Gasteiger partial charge in [-0.3, -0.25) is 4.79 Å². The van der Waals surface area contributed by atoms with Gasteiger partial charge >= 0.3 is 6.61 Å². The maximum absolute atomic E-state index is 12.9. The third kappa shape index (κ3) is 3.80. The molecule has 2 aromatic heterocycles. The highest BCUT2D eigenvalue weighted by Crippen LogP contribution is 2.31. The van der Waals surface area contributed by atoms with Crippen LogP contribution in [0.15, 0.2) is 30.3 Å². The molecule has 1 fully saturated rings. The van der Waals surface area contributed by atoms with E-state index in [0.29, 0.717) is 19.6 Å². The first kappa shape index (κ1) is 18.7. The summed E-state index contributed by atoms with van der Waals surface area (Å²) in [4.78, 5) is 25.7. The van der Waals surface area contributed by atoms with Crippen molar-refractivity contribution in [1.29, 1.82) is 0 Å². The summed E-state index contributed by atoms with van der Waals surface area (Å²) in [6, 6.07) is 9.31. The number of carbonyl (C=O) groups is 1. The Kier molecular flexibility index (Phi) is 5.17. The van der Waals surface area contributed by atoms with Crippen molar-refractivity contribution in [3.05, 3.63) is 40.1 Å². The van der Waals surface area contributed by atoms with Gasteiger partial charge in [0, 0.05) is 31.1 Å². The molecular weight excluding hydrogens is 386 g/mol. The Morgan fingerprint density at radius 2 is 2.07 bits per heavy atom. The van der Waals surface area contributed by atoms with E-state index in [9.17, 15) is 13.6 Å². The minimum absolute atomic E-state index is 0.0408. The smallest absolute Gasteiger partial charge is 0.387 e. The van der Waals surface area contributed by atoms with Crippen molar-refractivity contribution in [3.63, 3.8) is 0 Å². The number of benzene rings is 1. The molecule has 6 nitrogen and oxygen atoms in total. The summed E-state index contributed by atoms with van der Waals surface area (Å²) in [6.45, 7) is 1.23. The van der Waals surface area contributed by atoms with Crippen LogP contribution in [0.25, 0.3) is 11.0 Å². The van der Waals surface area contributed by atoms with Gasteiger partial charge in [-0.15, -0.1) is 11.3 Å². The number of nitrogens with one attached hydrogen (secondary N) is 1. The molecule has 9 heteroatoms. The molecule has 0 aliphatic carbocycles. The summed E-state index contributed by atoms with van der Waals surface area (Å²) in [5.41, 5.74) is 1.87. The van der Waals surface area contributed by atoms with Crippen molar-refractivity contribution in [1.82, 2.24) is 14.9 Å². The number of para-hydroxylation sites is 2. The summed E-state index contributed by atoms with van der Waals surface area (Å²) < 4.78 is 29.8. The minimum Gasteiger partial charge on any atom is -0.433 e. The van der Waals surface area contributed by atoms with E-state index in [1.807, 2.05) is 24.3 Å². The van der Waals surface area contributed by atoms with Crippen LogP contribution in [-0.2, 0) is 0 Å². The van der Waals surface area contributed by atoms with Crippen LogP contribution in [0, 0.1) is 6.92 Å². The maximum Gasteiger partial charge on any atom is 0.387 e. The summed E-state index contributed by atoms with van der Waals surface area (Å²) in [5, 5.41) is 0. The predicted octanol–water partition coefficient (Wildman–Crippen LogP) is 3.89. The van der Waals surface area contributed by atoms with Gasteiger partial charge in [0.25, 0.3) is 5.91 Å². The van der Waals surface area contributed by atoms with Gasteiger partial charge in [0.05, 0.1) is 11.0 Å². The molecule has 3 aromatic rings. The number of alkyl halides is 2. The Morgan fingerprint density at radius 3 is 2.86 bits per heavy atom. The van der Waals surface area contributed by atoms with Crippen LogP contribution < -0.4 is 9.64 Å². The van der Waals surface area contributed by atoms with Gasteiger partial charge in [0.15, 0.2) is 0 Å². The van der Waals surface area contributed by atoms with E-state index in [0.717, 1.165) is 34.8 Å². The van der Waals surface area contributed by atoms with Crippen LogP contribution in [-0.4, -0.2) is 53.6 Å². The topological polar surface area (TPSA) is 61.5 Å². The first-order valence-electron chi connectivity index (χ1n) is 9.05. The average Bonchev–Trinajstić information content (AvgIpc) is 3.15. The van der Waals surface area contributed by atoms with Gasteiger partial charge in [0.2, 0.25) is 5.95 Å². The van der Waals surface area contributed by atoms with E-state index in [1.54, 1.807) is 11.8 Å². The molecule has 1 N–H and O–H groups in total. The molecule has 148 valence electrons. The number of imidazole rings is 1. The lowest BCUT2D eigenvalue weighted by molar-refractivity contribution is -0.0499. The molecule has 0 saturated carbocycles. The highest BCUT2D eigenvalue weighted by molar-refractivity contribution is 7.14. The van der Waals surface area contributed by atoms with Crippen molar-refractivity contribution >= 4 is 34.2 Å². The molecule has 4 rings (SSSR count). The van der Waals surface area contributed by atoms with Gasteiger partial charge in [-0.05, 0) is 31.5 Å². The number of amides is 1. The lowest BCUT2D eigenvalue weighted by Crippen LogP contribution is -2.35. The number of fused-ring (bicyclic) bond motifs is 1. The molecule has 1 saturated heterocycles. The standard InChI is InChI=1S/C19H20F2N4O2S/c1-12-11-15(27-18(20)21)16(28-12)17(26)24-7-4-8-25(10-9-24)19-22-13-5-2-3-6-14(13)23-19/h2-3,5-6,11,18H,4,7-10H2,1H3,(H,22,23). The number of nitrogens with zero attached hydrogens (tertiary/aromatic N) is 3. The third-order valence-corrected chi connectivity index (χ3v) is 5.71. The highest BCUT2D eigenvalue weighted by Gasteiger charge is 2.26. The van der Waals surface area contributed by atoms with Gasteiger partial charge in [-0.25, -0.2) is 4.98 Å². The van der Waals surface area contributed by atoms with E-state index in [-0.39, 0.29) is 16.5 Å². The van der Waals surface area contributed by atoms with Crippen LogP contribution in [0.1, 0.15) is 21.0 Å². The highest BCUT2D eigenvalue weighted by atomic mass is 32.1. The Balaban J connectivity index is 1.49. The largest absolute Gasteiger partial charge is 0.433 e. The summed E-state index contributed by atoms with van der Waals surface area (Å²) >= 11 is 1.18. The quantitative estimate of drug-likeness (QED) is 0.714. The molecule has 28 heavy (non-hydrogen) atoms.